The van der Waals surface area contributed by atoms with Gasteiger partial charge in [0.05, 0.1) is 17.2 Å². The van der Waals surface area contributed by atoms with Crippen LogP contribution in [0.1, 0.15) is 39.3 Å². The molecule has 1 aromatic carbocycles. The number of fused-ring (bicyclic) bond motifs is 1. The molecule has 3 heterocycles. The smallest absolute Gasteiger partial charge is 0.261 e. The average Bonchev–Trinajstić information content (AvgIpc) is 3.41. The third-order valence-electron chi connectivity index (χ3n) is 5.92. The van der Waals surface area contributed by atoms with Crippen LogP contribution in [0.25, 0.3) is 10.1 Å². The van der Waals surface area contributed by atoms with Crippen molar-refractivity contribution in [1.29, 1.82) is 0 Å². The molecule has 0 aliphatic carbocycles. The Kier molecular flexibility index (Phi) is 6.51. The fourth-order valence-corrected chi connectivity index (χ4v) is 5.57. The molecule has 1 N–H and O–H groups in total. The van der Waals surface area contributed by atoms with Crippen molar-refractivity contribution >= 4 is 27.3 Å². The van der Waals surface area contributed by atoms with Gasteiger partial charge in [-0.15, -0.1) is 11.3 Å². The molecule has 1 atom stereocenters. The highest BCUT2D eigenvalue weighted by Gasteiger charge is 2.29. The number of nitrogens with zero attached hydrogens (tertiary/aromatic N) is 3. The maximum absolute atomic E-state index is 12.9. The Morgan fingerprint density at radius 1 is 1.37 bits per heavy atom. The van der Waals surface area contributed by atoms with Gasteiger partial charge in [0.15, 0.2) is 0 Å². The molecule has 2 aromatic heterocycles. The third-order valence-corrected chi connectivity index (χ3v) is 7.14. The normalized spacial score (nSPS) is 17.1. The van der Waals surface area contributed by atoms with Crippen molar-refractivity contribution in [3.63, 3.8) is 0 Å². The second kappa shape index (κ2) is 9.29. The number of carbonyl (C=O) groups is 1. The monoisotopic (exact) mass is 426 g/mol. The number of aromatic nitrogens is 2. The van der Waals surface area contributed by atoms with Gasteiger partial charge in [0.2, 0.25) is 0 Å². The largest absolute Gasteiger partial charge is 0.383 e. The topological polar surface area (TPSA) is 59.4 Å². The van der Waals surface area contributed by atoms with E-state index in [-0.39, 0.29) is 5.91 Å². The Bertz CT molecular complexity index is 1030. The van der Waals surface area contributed by atoms with E-state index >= 15 is 0 Å². The first-order valence-corrected chi connectivity index (χ1v) is 11.4. The van der Waals surface area contributed by atoms with Crippen LogP contribution in [0.3, 0.4) is 0 Å². The highest BCUT2D eigenvalue weighted by Crippen LogP contribution is 2.34. The molecule has 4 rings (SSSR count). The highest BCUT2D eigenvalue weighted by molar-refractivity contribution is 7.21. The Hall–Kier alpha value is -2.22. The van der Waals surface area contributed by atoms with Crippen LogP contribution in [0.5, 0.6) is 0 Å². The van der Waals surface area contributed by atoms with Crippen molar-refractivity contribution in [3.8, 4) is 0 Å². The van der Waals surface area contributed by atoms with E-state index in [1.54, 1.807) is 18.4 Å². The molecule has 0 unspecified atom stereocenters. The molecule has 6 nitrogen and oxygen atoms in total. The predicted molar refractivity (Wildman–Crippen MR) is 121 cm³/mol. The Balaban J connectivity index is 1.58. The van der Waals surface area contributed by atoms with Gasteiger partial charge >= 0.3 is 0 Å². The van der Waals surface area contributed by atoms with Gasteiger partial charge in [0.1, 0.15) is 0 Å². The molecule has 1 aliphatic rings. The van der Waals surface area contributed by atoms with E-state index in [4.69, 9.17) is 4.74 Å². The van der Waals surface area contributed by atoms with Crippen LogP contribution in [0.4, 0.5) is 0 Å². The number of carbonyl (C=O) groups excluding carboxylic acids is 1. The molecular formula is C23H30N4O2S. The number of aryl methyl sites for hydroxylation is 2. The number of likely N-dealkylation sites (tertiary alicyclic amines) is 1. The summed E-state index contributed by atoms with van der Waals surface area (Å²) in [6.45, 7) is 5.14. The minimum atomic E-state index is 0.0101. The van der Waals surface area contributed by atoms with Gasteiger partial charge in [-0.25, -0.2) is 0 Å². The standard InChI is InChI=1S/C23H30N4O2S/c1-16-17(14-26(2)25-16)15-27-11-6-7-18(27)13-20-19-8-4-5-9-21(19)30-22(20)23(28)24-10-12-29-3/h4-5,8-9,14,18H,6-7,10-13,15H2,1-3H3,(H,24,28)/t18-/m1/s1. The molecule has 0 spiro atoms. The van der Waals surface area contributed by atoms with Crippen molar-refractivity contribution in [2.45, 2.75) is 38.8 Å². The van der Waals surface area contributed by atoms with Crippen molar-refractivity contribution in [2.75, 3.05) is 26.8 Å². The van der Waals surface area contributed by atoms with E-state index in [1.165, 1.54) is 27.6 Å². The average molecular weight is 427 g/mol. The number of thiophene rings is 1. The number of methoxy groups -OCH3 is 1. The number of hydrogen-bond acceptors (Lipinski definition) is 5. The highest BCUT2D eigenvalue weighted by atomic mass is 32.1. The number of rotatable bonds is 8. The summed E-state index contributed by atoms with van der Waals surface area (Å²) in [5.41, 5.74) is 3.57. The van der Waals surface area contributed by atoms with E-state index in [0.29, 0.717) is 19.2 Å². The van der Waals surface area contributed by atoms with Gasteiger partial charge in [0.25, 0.3) is 5.91 Å². The molecule has 0 saturated carbocycles. The van der Waals surface area contributed by atoms with Crippen LogP contribution < -0.4 is 5.32 Å². The molecule has 1 aliphatic heterocycles. The van der Waals surface area contributed by atoms with Gasteiger partial charge in [-0.3, -0.25) is 14.4 Å². The summed E-state index contributed by atoms with van der Waals surface area (Å²) in [4.78, 5) is 16.3. The minimum Gasteiger partial charge on any atom is -0.383 e. The first kappa shape index (κ1) is 21.0. The fourth-order valence-electron chi connectivity index (χ4n) is 4.42. The Morgan fingerprint density at radius 2 is 2.20 bits per heavy atom. The van der Waals surface area contributed by atoms with E-state index in [2.05, 4.69) is 46.6 Å². The Labute approximate surface area is 181 Å². The second-order valence-corrected chi connectivity index (χ2v) is 9.09. The number of amides is 1. The third kappa shape index (κ3) is 4.43. The lowest BCUT2D eigenvalue weighted by molar-refractivity contribution is 0.0940. The molecule has 1 saturated heterocycles. The quantitative estimate of drug-likeness (QED) is 0.560. The molecule has 30 heavy (non-hydrogen) atoms. The summed E-state index contributed by atoms with van der Waals surface area (Å²) >= 11 is 1.60. The molecule has 1 fully saturated rings. The van der Waals surface area contributed by atoms with Gasteiger partial charge in [-0.05, 0) is 49.7 Å². The maximum Gasteiger partial charge on any atom is 0.261 e. The predicted octanol–water partition coefficient (Wildman–Crippen LogP) is 3.53. The van der Waals surface area contributed by atoms with Crippen molar-refractivity contribution in [3.05, 3.63) is 52.2 Å². The van der Waals surface area contributed by atoms with E-state index < -0.39 is 0 Å². The molecule has 0 radical (unpaired) electrons. The number of nitrogens with one attached hydrogen (secondary N) is 1. The number of hydrogen-bond donors (Lipinski definition) is 1. The zero-order valence-electron chi connectivity index (χ0n) is 18.0. The van der Waals surface area contributed by atoms with Crippen LogP contribution in [-0.4, -0.2) is 53.4 Å². The minimum absolute atomic E-state index is 0.0101. The van der Waals surface area contributed by atoms with Gasteiger partial charge in [0, 0.05) is 49.7 Å². The number of benzene rings is 1. The summed E-state index contributed by atoms with van der Waals surface area (Å²) < 4.78 is 8.15. The first-order chi connectivity index (χ1) is 14.6. The van der Waals surface area contributed by atoms with Crippen LogP contribution in [-0.2, 0) is 24.8 Å². The molecule has 3 aromatic rings. The lowest BCUT2D eigenvalue weighted by Gasteiger charge is -2.24. The summed E-state index contributed by atoms with van der Waals surface area (Å²) in [7, 11) is 3.62. The van der Waals surface area contributed by atoms with Crippen LogP contribution in [0, 0.1) is 6.92 Å². The maximum atomic E-state index is 12.9. The second-order valence-electron chi connectivity index (χ2n) is 8.04. The van der Waals surface area contributed by atoms with Gasteiger partial charge < -0.3 is 10.1 Å². The molecular weight excluding hydrogens is 396 g/mol. The van der Waals surface area contributed by atoms with Crippen LogP contribution in [0.15, 0.2) is 30.5 Å². The SMILES string of the molecule is COCCNC(=O)c1sc2ccccc2c1C[C@H]1CCCN1Cc1cn(C)nc1C. The lowest BCUT2D eigenvalue weighted by atomic mass is 10.00. The molecule has 0 bridgehead atoms. The van der Waals surface area contributed by atoms with Gasteiger partial charge in [-0.1, -0.05) is 18.2 Å². The van der Waals surface area contributed by atoms with Crippen molar-refractivity contribution < 1.29 is 9.53 Å². The summed E-state index contributed by atoms with van der Waals surface area (Å²) in [6.07, 6.45) is 5.38. The summed E-state index contributed by atoms with van der Waals surface area (Å²) in [5.74, 6) is 0.0101. The van der Waals surface area contributed by atoms with E-state index in [9.17, 15) is 4.79 Å². The zero-order valence-corrected chi connectivity index (χ0v) is 18.8. The summed E-state index contributed by atoms with van der Waals surface area (Å²) in [6, 6.07) is 8.81. The fraction of sp³-hybridized carbons (Fsp3) is 0.478. The summed E-state index contributed by atoms with van der Waals surface area (Å²) in [5, 5.41) is 8.72. The van der Waals surface area contributed by atoms with Crippen molar-refractivity contribution in [2.24, 2.45) is 7.05 Å². The molecule has 7 heteroatoms. The molecule has 160 valence electrons. The Morgan fingerprint density at radius 3 is 2.97 bits per heavy atom. The number of ether oxygens (including phenoxy) is 1. The van der Waals surface area contributed by atoms with E-state index in [1.807, 2.05) is 17.8 Å². The zero-order chi connectivity index (χ0) is 21.1. The van der Waals surface area contributed by atoms with Crippen LogP contribution in [0.2, 0.25) is 0 Å². The lowest BCUT2D eigenvalue weighted by Crippen LogP contribution is -2.32. The van der Waals surface area contributed by atoms with E-state index in [0.717, 1.165) is 36.5 Å². The van der Waals surface area contributed by atoms with Crippen molar-refractivity contribution in [1.82, 2.24) is 20.0 Å². The first-order valence-electron chi connectivity index (χ1n) is 10.6. The molecule has 1 amide bonds. The van der Waals surface area contributed by atoms with Crippen LogP contribution >= 0.6 is 11.3 Å². The van der Waals surface area contributed by atoms with Gasteiger partial charge in [-0.2, -0.15) is 5.10 Å².